The fourth-order valence-electron chi connectivity index (χ4n) is 2.58. The van der Waals surface area contributed by atoms with E-state index in [1.54, 1.807) is 0 Å². The van der Waals surface area contributed by atoms with Gasteiger partial charge in [0, 0.05) is 13.0 Å². The third-order valence-corrected chi connectivity index (χ3v) is 3.83. The molecule has 94 valence electrons. The molecule has 0 heterocycles. The number of nitrogens with one attached hydrogen (secondary N) is 1. The SMILES string of the molecule is CCC1(CNCCCC(N)=NO)CCCC1. The maximum Gasteiger partial charge on any atom is 0.139 e. The van der Waals surface area contributed by atoms with Crippen LogP contribution >= 0.6 is 0 Å². The first-order valence-corrected chi connectivity index (χ1v) is 6.39. The molecule has 4 heteroatoms. The lowest BCUT2D eigenvalue weighted by Crippen LogP contribution is -2.32. The molecule has 0 unspecified atom stereocenters. The molecule has 0 radical (unpaired) electrons. The average molecular weight is 227 g/mol. The zero-order chi connectivity index (χ0) is 11.9. The summed E-state index contributed by atoms with van der Waals surface area (Å²) in [6.45, 7) is 4.38. The first-order chi connectivity index (χ1) is 7.72. The van der Waals surface area contributed by atoms with Gasteiger partial charge in [0.05, 0.1) is 0 Å². The van der Waals surface area contributed by atoms with Crippen molar-refractivity contribution in [1.29, 1.82) is 0 Å². The molecule has 4 N–H and O–H groups in total. The molecule has 1 aliphatic rings. The van der Waals surface area contributed by atoms with Gasteiger partial charge in [0.2, 0.25) is 0 Å². The van der Waals surface area contributed by atoms with E-state index in [2.05, 4.69) is 17.4 Å². The van der Waals surface area contributed by atoms with E-state index < -0.39 is 0 Å². The molecule has 1 rings (SSSR count). The van der Waals surface area contributed by atoms with E-state index in [9.17, 15) is 0 Å². The molecule has 0 amide bonds. The summed E-state index contributed by atoms with van der Waals surface area (Å²) >= 11 is 0. The Morgan fingerprint density at radius 1 is 1.44 bits per heavy atom. The summed E-state index contributed by atoms with van der Waals surface area (Å²) < 4.78 is 0. The van der Waals surface area contributed by atoms with Crippen molar-refractivity contribution in [3.63, 3.8) is 0 Å². The van der Waals surface area contributed by atoms with E-state index in [-0.39, 0.29) is 0 Å². The lowest BCUT2D eigenvalue weighted by Gasteiger charge is -2.27. The van der Waals surface area contributed by atoms with Gasteiger partial charge in [-0.1, -0.05) is 24.9 Å². The monoisotopic (exact) mass is 227 g/mol. The van der Waals surface area contributed by atoms with Crippen LogP contribution in [0.3, 0.4) is 0 Å². The zero-order valence-electron chi connectivity index (χ0n) is 10.3. The van der Waals surface area contributed by atoms with Crippen LogP contribution in [0.2, 0.25) is 0 Å². The van der Waals surface area contributed by atoms with Gasteiger partial charge < -0.3 is 16.3 Å². The summed E-state index contributed by atoms with van der Waals surface area (Å²) in [6.07, 6.45) is 8.41. The van der Waals surface area contributed by atoms with Crippen molar-refractivity contribution in [1.82, 2.24) is 5.32 Å². The van der Waals surface area contributed by atoms with Crippen molar-refractivity contribution in [3.8, 4) is 0 Å². The van der Waals surface area contributed by atoms with E-state index in [1.165, 1.54) is 32.1 Å². The first kappa shape index (κ1) is 13.3. The van der Waals surface area contributed by atoms with Gasteiger partial charge in [-0.3, -0.25) is 0 Å². The van der Waals surface area contributed by atoms with Crippen molar-refractivity contribution < 1.29 is 5.21 Å². The van der Waals surface area contributed by atoms with Gasteiger partial charge in [-0.05, 0) is 37.6 Å². The Labute approximate surface area is 98.3 Å². The van der Waals surface area contributed by atoms with E-state index in [4.69, 9.17) is 10.9 Å². The van der Waals surface area contributed by atoms with Crippen molar-refractivity contribution >= 4 is 5.84 Å². The largest absolute Gasteiger partial charge is 0.409 e. The van der Waals surface area contributed by atoms with Crippen LogP contribution in [0.25, 0.3) is 0 Å². The second-order valence-corrected chi connectivity index (χ2v) is 4.93. The van der Waals surface area contributed by atoms with Gasteiger partial charge in [0.25, 0.3) is 0 Å². The maximum atomic E-state index is 8.39. The minimum atomic E-state index is 0.327. The van der Waals surface area contributed by atoms with Crippen LogP contribution in [0.15, 0.2) is 5.16 Å². The number of hydrogen-bond acceptors (Lipinski definition) is 3. The molecule has 1 aliphatic carbocycles. The molecule has 0 atom stereocenters. The minimum Gasteiger partial charge on any atom is -0.409 e. The van der Waals surface area contributed by atoms with Gasteiger partial charge in [0.1, 0.15) is 5.84 Å². The second kappa shape index (κ2) is 6.74. The smallest absolute Gasteiger partial charge is 0.139 e. The number of nitrogens with two attached hydrogens (primary N) is 1. The predicted molar refractivity (Wildman–Crippen MR) is 66.7 cm³/mol. The molecule has 16 heavy (non-hydrogen) atoms. The van der Waals surface area contributed by atoms with Gasteiger partial charge in [-0.2, -0.15) is 0 Å². The van der Waals surface area contributed by atoms with Crippen LogP contribution in [-0.4, -0.2) is 24.1 Å². The Balaban J connectivity index is 2.10. The second-order valence-electron chi connectivity index (χ2n) is 4.93. The van der Waals surface area contributed by atoms with Crippen molar-refractivity contribution in [3.05, 3.63) is 0 Å². The summed E-state index contributed by atoms with van der Waals surface area (Å²) in [6, 6.07) is 0. The molecular formula is C12H25N3O. The molecule has 1 saturated carbocycles. The highest BCUT2D eigenvalue weighted by Crippen LogP contribution is 2.40. The summed E-state index contributed by atoms with van der Waals surface area (Å²) in [7, 11) is 0. The molecule has 0 aromatic rings. The van der Waals surface area contributed by atoms with Gasteiger partial charge in [-0.25, -0.2) is 0 Å². The third-order valence-electron chi connectivity index (χ3n) is 3.83. The lowest BCUT2D eigenvalue weighted by atomic mass is 9.83. The fraction of sp³-hybridized carbons (Fsp3) is 0.917. The summed E-state index contributed by atoms with van der Waals surface area (Å²) in [5, 5.41) is 14.9. The number of amidine groups is 1. The van der Waals surface area contributed by atoms with Gasteiger partial charge >= 0.3 is 0 Å². The molecule has 0 saturated heterocycles. The highest BCUT2D eigenvalue weighted by atomic mass is 16.4. The number of nitrogens with zero attached hydrogens (tertiary/aromatic N) is 1. The van der Waals surface area contributed by atoms with Gasteiger partial charge in [-0.15, -0.1) is 0 Å². The normalized spacial score (nSPS) is 20.2. The predicted octanol–water partition coefficient (Wildman–Crippen LogP) is 2.07. The first-order valence-electron chi connectivity index (χ1n) is 6.39. The Morgan fingerprint density at radius 3 is 2.69 bits per heavy atom. The summed E-state index contributed by atoms with van der Waals surface area (Å²) in [5.41, 5.74) is 5.95. The van der Waals surface area contributed by atoms with Crippen LogP contribution in [0.1, 0.15) is 51.9 Å². The Bertz CT molecular complexity index is 222. The molecule has 4 nitrogen and oxygen atoms in total. The number of oxime groups is 1. The molecule has 0 bridgehead atoms. The zero-order valence-corrected chi connectivity index (χ0v) is 10.3. The van der Waals surface area contributed by atoms with Gasteiger partial charge in [0.15, 0.2) is 0 Å². The van der Waals surface area contributed by atoms with Crippen LogP contribution in [0.4, 0.5) is 0 Å². The minimum absolute atomic E-state index is 0.327. The molecule has 1 fully saturated rings. The maximum absolute atomic E-state index is 8.39. The molecular weight excluding hydrogens is 202 g/mol. The van der Waals surface area contributed by atoms with E-state index in [0.717, 1.165) is 19.5 Å². The van der Waals surface area contributed by atoms with Crippen molar-refractivity contribution in [2.75, 3.05) is 13.1 Å². The molecule has 0 spiro atoms. The van der Waals surface area contributed by atoms with Crippen LogP contribution in [-0.2, 0) is 0 Å². The Hall–Kier alpha value is -0.770. The molecule has 0 aromatic heterocycles. The van der Waals surface area contributed by atoms with Crippen LogP contribution in [0.5, 0.6) is 0 Å². The lowest BCUT2D eigenvalue weighted by molar-refractivity contribution is 0.269. The van der Waals surface area contributed by atoms with Crippen molar-refractivity contribution in [2.24, 2.45) is 16.3 Å². The standard InChI is InChI=1S/C12H25N3O/c1-2-12(7-3-4-8-12)10-14-9-5-6-11(13)15-16/h14,16H,2-10H2,1H3,(H2,13,15). The van der Waals surface area contributed by atoms with E-state index in [0.29, 0.717) is 17.7 Å². The van der Waals surface area contributed by atoms with Crippen LogP contribution in [0, 0.1) is 5.41 Å². The number of hydrogen-bond donors (Lipinski definition) is 3. The topological polar surface area (TPSA) is 70.6 Å². The van der Waals surface area contributed by atoms with Crippen LogP contribution < -0.4 is 11.1 Å². The average Bonchev–Trinajstić information content (AvgIpc) is 2.77. The third kappa shape index (κ3) is 4.00. The highest BCUT2D eigenvalue weighted by molar-refractivity contribution is 5.79. The van der Waals surface area contributed by atoms with E-state index in [1.807, 2.05) is 0 Å². The van der Waals surface area contributed by atoms with E-state index >= 15 is 0 Å². The number of rotatable bonds is 7. The molecule has 0 aromatic carbocycles. The Morgan fingerprint density at radius 2 is 2.12 bits per heavy atom. The quantitative estimate of drug-likeness (QED) is 0.205. The molecule has 0 aliphatic heterocycles. The summed E-state index contributed by atoms with van der Waals surface area (Å²) in [4.78, 5) is 0. The summed E-state index contributed by atoms with van der Waals surface area (Å²) in [5.74, 6) is 0.327. The fourth-order valence-corrected chi connectivity index (χ4v) is 2.58. The highest BCUT2D eigenvalue weighted by Gasteiger charge is 2.31. The Kier molecular flexibility index (Phi) is 5.60. The van der Waals surface area contributed by atoms with Crippen molar-refractivity contribution in [2.45, 2.75) is 51.9 Å².